The number of thioether (sulfide) groups is 1. The van der Waals surface area contributed by atoms with Crippen molar-refractivity contribution in [3.63, 3.8) is 0 Å². The lowest BCUT2D eigenvalue weighted by molar-refractivity contribution is -0.148. The van der Waals surface area contributed by atoms with E-state index >= 15 is 0 Å². The molecule has 0 saturated carbocycles. The Labute approximate surface area is 124 Å². The first kappa shape index (κ1) is 14.0. The molecule has 0 aromatic heterocycles. The summed E-state index contributed by atoms with van der Waals surface area (Å²) in [6, 6.07) is 8.60. The van der Waals surface area contributed by atoms with Crippen molar-refractivity contribution in [1.82, 2.24) is 4.90 Å². The molecule has 0 bridgehead atoms. The molecule has 2 unspecified atom stereocenters. The summed E-state index contributed by atoms with van der Waals surface area (Å²) in [5.41, 5.74) is 0.942. The maximum absolute atomic E-state index is 11.5. The number of rotatable bonds is 4. The van der Waals surface area contributed by atoms with Gasteiger partial charge in [-0.2, -0.15) is 0 Å². The number of hydrogen-bond donors (Lipinski definition) is 1. The topological polar surface area (TPSA) is 40.5 Å². The standard InChI is InChI=1S/C16H21NO2S/c1-2-16(15(18)19)7-8-17(11-16)10-13-9-12-5-3-4-6-14(12)20-13/h3-6,13H,2,7-11H2,1H3,(H,18,19). The molecule has 2 heterocycles. The molecule has 2 aliphatic rings. The first-order chi connectivity index (χ1) is 9.63. The van der Waals surface area contributed by atoms with Crippen molar-refractivity contribution in [3.8, 4) is 0 Å². The lowest BCUT2D eigenvalue weighted by Gasteiger charge is -2.24. The first-order valence-corrected chi connectivity index (χ1v) is 8.21. The van der Waals surface area contributed by atoms with Gasteiger partial charge in [0.15, 0.2) is 0 Å². The highest BCUT2D eigenvalue weighted by Gasteiger charge is 2.43. The van der Waals surface area contributed by atoms with E-state index in [1.54, 1.807) is 0 Å². The second-order valence-corrected chi connectivity index (χ2v) is 7.32. The minimum Gasteiger partial charge on any atom is -0.481 e. The van der Waals surface area contributed by atoms with Crippen molar-refractivity contribution in [2.45, 2.75) is 36.3 Å². The van der Waals surface area contributed by atoms with Gasteiger partial charge < -0.3 is 10.0 Å². The summed E-state index contributed by atoms with van der Waals surface area (Å²) in [4.78, 5) is 15.2. The molecule has 3 rings (SSSR count). The van der Waals surface area contributed by atoms with Gasteiger partial charge in [-0.15, -0.1) is 11.8 Å². The monoisotopic (exact) mass is 291 g/mol. The van der Waals surface area contributed by atoms with Crippen molar-refractivity contribution < 1.29 is 9.90 Å². The number of benzene rings is 1. The summed E-state index contributed by atoms with van der Waals surface area (Å²) in [7, 11) is 0. The first-order valence-electron chi connectivity index (χ1n) is 7.33. The number of hydrogen-bond acceptors (Lipinski definition) is 3. The Morgan fingerprint density at radius 3 is 2.95 bits per heavy atom. The molecule has 0 radical (unpaired) electrons. The summed E-state index contributed by atoms with van der Waals surface area (Å²) in [5.74, 6) is -0.620. The Balaban J connectivity index is 1.60. The lowest BCUT2D eigenvalue weighted by Crippen LogP contribution is -2.36. The number of carbonyl (C=O) groups is 1. The van der Waals surface area contributed by atoms with Crippen molar-refractivity contribution in [2.75, 3.05) is 19.6 Å². The fourth-order valence-corrected chi connectivity index (χ4v) is 4.74. The van der Waals surface area contributed by atoms with Crippen molar-refractivity contribution in [1.29, 1.82) is 0 Å². The summed E-state index contributed by atoms with van der Waals surface area (Å²) in [5, 5.41) is 10.0. The van der Waals surface area contributed by atoms with Crippen LogP contribution in [0.1, 0.15) is 25.3 Å². The van der Waals surface area contributed by atoms with Crippen LogP contribution in [0.5, 0.6) is 0 Å². The third-order valence-electron chi connectivity index (χ3n) is 4.74. The van der Waals surface area contributed by atoms with Crippen LogP contribution in [-0.4, -0.2) is 40.9 Å². The Morgan fingerprint density at radius 2 is 2.30 bits per heavy atom. The van der Waals surface area contributed by atoms with E-state index in [1.165, 1.54) is 10.5 Å². The van der Waals surface area contributed by atoms with Crippen LogP contribution in [0.4, 0.5) is 0 Å². The van der Waals surface area contributed by atoms with Crippen LogP contribution in [0, 0.1) is 5.41 Å². The number of fused-ring (bicyclic) bond motifs is 1. The molecule has 1 fully saturated rings. The number of carboxylic acids is 1. The Hall–Kier alpha value is -1.00. The van der Waals surface area contributed by atoms with Gasteiger partial charge in [0.05, 0.1) is 5.41 Å². The molecule has 4 heteroatoms. The predicted molar refractivity (Wildman–Crippen MR) is 81.2 cm³/mol. The maximum atomic E-state index is 11.5. The summed E-state index contributed by atoms with van der Waals surface area (Å²) >= 11 is 1.95. The van der Waals surface area contributed by atoms with Crippen LogP contribution in [-0.2, 0) is 11.2 Å². The number of carboxylic acid groups (broad SMARTS) is 1. The molecule has 1 saturated heterocycles. The van der Waals surface area contributed by atoms with Crippen LogP contribution in [0.2, 0.25) is 0 Å². The third kappa shape index (κ3) is 2.47. The molecule has 0 aliphatic carbocycles. The molecule has 1 aromatic carbocycles. The van der Waals surface area contributed by atoms with Crippen LogP contribution < -0.4 is 0 Å². The summed E-state index contributed by atoms with van der Waals surface area (Å²) < 4.78 is 0. The van der Waals surface area contributed by atoms with Gasteiger partial charge in [-0.25, -0.2) is 0 Å². The van der Waals surface area contributed by atoms with Crippen molar-refractivity contribution in [2.24, 2.45) is 5.41 Å². The Bertz CT molecular complexity index is 494. The minimum absolute atomic E-state index is 0.504. The van der Waals surface area contributed by atoms with Gasteiger partial charge in [0.2, 0.25) is 0 Å². The van der Waals surface area contributed by atoms with Crippen LogP contribution in [0.15, 0.2) is 29.2 Å². The average Bonchev–Trinajstić information content (AvgIpc) is 3.03. The molecule has 3 nitrogen and oxygen atoms in total. The normalized spacial score (nSPS) is 29.6. The highest BCUT2D eigenvalue weighted by Crippen LogP contribution is 2.39. The molecular formula is C16H21NO2S. The fourth-order valence-electron chi connectivity index (χ4n) is 3.37. The molecule has 20 heavy (non-hydrogen) atoms. The Morgan fingerprint density at radius 1 is 1.50 bits per heavy atom. The molecule has 2 aliphatic heterocycles. The highest BCUT2D eigenvalue weighted by atomic mass is 32.2. The molecule has 0 amide bonds. The summed E-state index contributed by atoms with van der Waals surface area (Å²) in [6.07, 6.45) is 2.64. The van der Waals surface area contributed by atoms with Crippen LogP contribution in [0.25, 0.3) is 0 Å². The van der Waals surface area contributed by atoms with E-state index in [2.05, 4.69) is 29.2 Å². The van der Waals surface area contributed by atoms with Gasteiger partial charge in [-0.1, -0.05) is 25.1 Å². The molecular weight excluding hydrogens is 270 g/mol. The predicted octanol–water partition coefficient (Wildman–Crippen LogP) is 2.89. The second kappa shape index (κ2) is 5.41. The van der Waals surface area contributed by atoms with E-state index in [4.69, 9.17) is 0 Å². The zero-order valence-corrected chi connectivity index (χ0v) is 12.7. The van der Waals surface area contributed by atoms with E-state index in [1.807, 2.05) is 18.7 Å². The average molecular weight is 291 g/mol. The van der Waals surface area contributed by atoms with E-state index in [-0.39, 0.29) is 0 Å². The zero-order chi connectivity index (χ0) is 14.2. The number of aliphatic carboxylic acids is 1. The molecule has 1 N–H and O–H groups in total. The van der Waals surface area contributed by atoms with Crippen LogP contribution >= 0.6 is 11.8 Å². The molecule has 1 aromatic rings. The smallest absolute Gasteiger partial charge is 0.310 e. The van der Waals surface area contributed by atoms with Gasteiger partial charge in [-0.05, 0) is 37.4 Å². The quantitative estimate of drug-likeness (QED) is 0.926. The van der Waals surface area contributed by atoms with Gasteiger partial charge in [0.1, 0.15) is 0 Å². The van der Waals surface area contributed by atoms with E-state index < -0.39 is 11.4 Å². The van der Waals surface area contributed by atoms with E-state index in [0.29, 0.717) is 11.8 Å². The Kier molecular flexibility index (Phi) is 3.78. The highest BCUT2D eigenvalue weighted by molar-refractivity contribution is 8.00. The zero-order valence-electron chi connectivity index (χ0n) is 11.8. The lowest BCUT2D eigenvalue weighted by atomic mass is 9.84. The number of likely N-dealkylation sites (tertiary alicyclic amines) is 1. The largest absolute Gasteiger partial charge is 0.481 e. The van der Waals surface area contributed by atoms with E-state index in [9.17, 15) is 9.90 Å². The van der Waals surface area contributed by atoms with Crippen molar-refractivity contribution in [3.05, 3.63) is 29.8 Å². The van der Waals surface area contributed by atoms with Gasteiger partial charge in [0, 0.05) is 23.2 Å². The molecule has 0 spiro atoms. The molecule has 108 valence electrons. The van der Waals surface area contributed by atoms with Crippen LogP contribution in [0.3, 0.4) is 0 Å². The third-order valence-corrected chi connectivity index (χ3v) is 6.04. The maximum Gasteiger partial charge on any atom is 0.310 e. The van der Waals surface area contributed by atoms with Gasteiger partial charge >= 0.3 is 5.97 Å². The van der Waals surface area contributed by atoms with Gasteiger partial charge in [0.25, 0.3) is 0 Å². The molecule has 2 atom stereocenters. The van der Waals surface area contributed by atoms with Gasteiger partial charge in [-0.3, -0.25) is 4.79 Å². The number of nitrogens with zero attached hydrogens (tertiary/aromatic N) is 1. The van der Waals surface area contributed by atoms with E-state index in [0.717, 1.165) is 32.4 Å². The van der Waals surface area contributed by atoms with Crippen molar-refractivity contribution >= 4 is 17.7 Å². The fraction of sp³-hybridized carbons (Fsp3) is 0.562. The summed E-state index contributed by atoms with van der Waals surface area (Å²) in [6.45, 7) is 4.64. The second-order valence-electron chi connectivity index (χ2n) is 5.98. The SMILES string of the molecule is CCC1(C(=O)O)CCN(CC2Cc3ccccc3S2)C1. The minimum atomic E-state index is -0.620.